The molecule has 1 N–H and O–H groups in total. The number of hydrogen-bond donors (Lipinski definition) is 1. The molecular formula is C20H26ClF3N2O3. The van der Waals surface area contributed by atoms with Crippen LogP contribution in [-0.2, 0) is 14.9 Å². The Morgan fingerprint density at radius 3 is 2.62 bits per heavy atom. The fourth-order valence-corrected chi connectivity index (χ4v) is 4.20. The summed E-state index contributed by atoms with van der Waals surface area (Å²) < 4.78 is 50.2. The van der Waals surface area contributed by atoms with E-state index in [-0.39, 0.29) is 12.0 Å². The first-order valence-corrected chi connectivity index (χ1v) is 10.00. The number of ether oxygens (including phenoxy) is 2. The van der Waals surface area contributed by atoms with Crippen molar-refractivity contribution in [1.29, 1.82) is 0 Å². The average molecular weight is 435 g/mol. The second-order valence-electron chi connectivity index (χ2n) is 8.35. The highest BCUT2D eigenvalue weighted by Crippen LogP contribution is 2.36. The first-order valence-electron chi connectivity index (χ1n) is 9.62. The molecular weight excluding hydrogens is 409 g/mol. The Bertz CT molecular complexity index is 736. The zero-order valence-corrected chi connectivity index (χ0v) is 17.3. The van der Waals surface area contributed by atoms with Gasteiger partial charge >= 0.3 is 12.2 Å². The normalized spacial score (nSPS) is 24.2. The Kier molecular flexibility index (Phi) is 6.36. The smallest absolute Gasteiger partial charge is 0.381 e. The van der Waals surface area contributed by atoms with Gasteiger partial charge in [-0.15, -0.1) is 0 Å². The summed E-state index contributed by atoms with van der Waals surface area (Å²) in [6.45, 7) is 4.05. The zero-order valence-electron chi connectivity index (χ0n) is 16.5. The number of morpholine rings is 1. The summed E-state index contributed by atoms with van der Waals surface area (Å²) in [4.78, 5) is 14.0. The fourth-order valence-electron chi connectivity index (χ4n) is 4.01. The van der Waals surface area contributed by atoms with Crippen LogP contribution in [0.2, 0.25) is 5.02 Å². The van der Waals surface area contributed by atoms with Crippen LogP contribution in [0.25, 0.3) is 0 Å². The van der Waals surface area contributed by atoms with Gasteiger partial charge in [-0.2, -0.15) is 13.2 Å². The maximum Gasteiger partial charge on any atom is 0.416 e. The van der Waals surface area contributed by atoms with E-state index in [1.54, 1.807) is 19.9 Å². The Balaban J connectivity index is 1.73. The monoisotopic (exact) mass is 434 g/mol. The highest BCUT2D eigenvalue weighted by atomic mass is 35.5. The number of halogens is 4. The van der Waals surface area contributed by atoms with Crippen molar-refractivity contribution in [2.45, 2.75) is 50.0 Å². The number of alkyl halides is 3. The maximum atomic E-state index is 13.2. The number of nitrogens with one attached hydrogen (secondary N) is 1. The molecule has 0 spiro atoms. The van der Waals surface area contributed by atoms with Crippen molar-refractivity contribution in [3.8, 4) is 0 Å². The van der Waals surface area contributed by atoms with E-state index in [0.717, 1.165) is 5.56 Å². The van der Waals surface area contributed by atoms with Crippen LogP contribution in [-0.4, -0.2) is 61.7 Å². The van der Waals surface area contributed by atoms with Crippen LogP contribution in [0.15, 0.2) is 24.3 Å². The van der Waals surface area contributed by atoms with Crippen molar-refractivity contribution >= 4 is 17.6 Å². The van der Waals surface area contributed by atoms with Gasteiger partial charge in [-0.3, -0.25) is 0 Å². The van der Waals surface area contributed by atoms with Crippen molar-refractivity contribution < 1.29 is 27.4 Å². The minimum atomic E-state index is -4.53. The molecule has 9 heteroatoms. The summed E-state index contributed by atoms with van der Waals surface area (Å²) in [6.07, 6.45) is -5.15. The van der Waals surface area contributed by atoms with Crippen LogP contribution in [0.1, 0.15) is 32.3 Å². The third-order valence-corrected chi connectivity index (χ3v) is 5.77. The Morgan fingerprint density at radius 1 is 1.31 bits per heavy atom. The van der Waals surface area contributed by atoms with E-state index in [4.69, 9.17) is 21.1 Å². The lowest BCUT2D eigenvalue weighted by Gasteiger charge is -2.44. The van der Waals surface area contributed by atoms with Gasteiger partial charge in [0.2, 0.25) is 0 Å². The van der Waals surface area contributed by atoms with Crippen LogP contribution >= 0.6 is 11.6 Å². The number of amides is 2. The fraction of sp³-hybridized carbons (Fsp3) is 0.650. The van der Waals surface area contributed by atoms with Crippen LogP contribution in [0.5, 0.6) is 0 Å². The molecule has 2 amide bonds. The summed E-state index contributed by atoms with van der Waals surface area (Å²) in [5.41, 5.74) is -0.465. The van der Waals surface area contributed by atoms with Gasteiger partial charge in [-0.1, -0.05) is 23.7 Å². The molecule has 2 aliphatic rings. The molecule has 5 nitrogen and oxygen atoms in total. The van der Waals surface area contributed by atoms with E-state index in [0.29, 0.717) is 37.6 Å². The molecule has 0 radical (unpaired) electrons. The Morgan fingerprint density at radius 2 is 2.00 bits per heavy atom. The zero-order chi connectivity index (χ0) is 21.3. The molecule has 0 saturated carbocycles. The molecule has 0 aromatic heterocycles. The topological polar surface area (TPSA) is 50.8 Å². The summed E-state index contributed by atoms with van der Waals surface area (Å²) in [5.74, 6) is 0. The third kappa shape index (κ3) is 5.35. The molecule has 1 atom stereocenters. The maximum absolute atomic E-state index is 13.2. The van der Waals surface area contributed by atoms with E-state index < -0.39 is 30.5 Å². The van der Waals surface area contributed by atoms with Gasteiger partial charge in [0.05, 0.1) is 18.7 Å². The van der Waals surface area contributed by atoms with Gasteiger partial charge in [0.15, 0.2) is 6.10 Å². The number of nitrogens with zero attached hydrogens (tertiary/aromatic N) is 1. The minimum Gasteiger partial charge on any atom is -0.381 e. The summed E-state index contributed by atoms with van der Waals surface area (Å²) >= 11 is 6.15. The lowest BCUT2D eigenvalue weighted by molar-refractivity contribution is -0.267. The summed E-state index contributed by atoms with van der Waals surface area (Å²) in [6, 6.07) is 6.94. The second kappa shape index (κ2) is 8.32. The molecule has 1 unspecified atom stereocenters. The van der Waals surface area contributed by atoms with Crippen LogP contribution < -0.4 is 5.32 Å². The molecule has 2 aliphatic heterocycles. The Labute approximate surface area is 173 Å². The third-order valence-electron chi connectivity index (χ3n) is 5.54. The second-order valence-corrected chi connectivity index (χ2v) is 8.79. The Hall–Kier alpha value is -1.51. The first kappa shape index (κ1) is 22.2. The molecule has 3 rings (SSSR count). The standard InChI is InChI=1S/C20H26ClF3N2O3/c1-18(2)13-26(11-16(29-18)20(22,23)24)17(27)25-12-19(6-8-28-9-7-19)14-4-3-5-15(21)10-14/h3-5,10,16H,6-9,11-13H2,1-2H3,(H,25,27). The first-order chi connectivity index (χ1) is 13.5. The predicted octanol–water partition coefficient (Wildman–Crippen LogP) is 4.14. The molecule has 0 bridgehead atoms. The van der Waals surface area contributed by atoms with Crippen molar-refractivity contribution in [3.05, 3.63) is 34.9 Å². The van der Waals surface area contributed by atoms with Gasteiger partial charge in [-0.25, -0.2) is 4.79 Å². The number of benzene rings is 1. The highest BCUT2D eigenvalue weighted by molar-refractivity contribution is 6.30. The van der Waals surface area contributed by atoms with Crippen LogP contribution in [0.3, 0.4) is 0 Å². The molecule has 2 saturated heterocycles. The van der Waals surface area contributed by atoms with E-state index >= 15 is 0 Å². The molecule has 162 valence electrons. The average Bonchev–Trinajstić information content (AvgIpc) is 2.65. The minimum absolute atomic E-state index is 0.0820. The van der Waals surface area contributed by atoms with Gasteiger partial charge in [-0.05, 0) is 44.4 Å². The molecule has 2 fully saturated rings. The number of hydrogen-bond acceptors (Lipinski definition) is 3. The SMILES string of the molecule is CC1(C)CN(C(=O)NCC2(c3cccc(Cl)c3)CCOCC2)CC(C(F)(F)F)O1. The van der Waals surface area contributed by atoms with Crippen molar-refractivity contribution in [2.24, 2.45) is 0 Å². The number of carbonyl (C=O) groups is 1. The summed E-state index contributed by atoms with van der Waals surface area (Å²) in [7, 11) is 0. The quantitative estimate of drug-likeness (QED) is 0.778. The van der Waals surface area contributed by atoms with Gasteiger partial charge in [0.1, 0.15) is 0 Å². The predicted molar refractivity (Wildman–Crippen MR) is 103 cm³/mol. The van der Waals surface area contributed by atoms with Gasteiger partial charge in [0, 0.05) is 30.2 Å². The highest BCUT2D eigenvalue weighted by Gasteiger charge is 2.49. The number of urea groups is 1. The van der Waals surface area contributed by atoms with Gasteiger partial charge < -0.3 is 19.7 Å². The van der Waals surface area contributed by atoms with Crippen LogP contribution in [0, 0.1) is 0 Å². The molecule has 2 heterocycles. The van der Waals surface area contributed by atoms with Crippen molar-refractivity contribution in [1.82, 2.24) is 10.2 Å². The van der Waals surface area contributed by atoms with Crippen molar-refractivity contribution in [2.75, 3.05) is 32.8 Å². The van der Waals surface area contributed by atoms with E-state index in [1.165, 1.54) is 4.90 Å². The molecule has 1 aromatic rings. The number of rotatable bonds is 3. The molecule has 29 heavy (non-hydrogen) atoms. The molecule has 1 aromatic carbocycles. The van der Waals surface area contributed by atoms with Crippen LogP contribution in [0.4, 0.5) is 18.0 Å². The molecule has 0 aliphatic carbocycles. The van der Waals surface area contributed by atoms with Crippen molar-refractivity contribution in [3.63, 3.8) is 0 Å². The lowest BCUT2D eigenvalue weighted by Crippen LogP contribution is -2.61. The van der Waals surface area contributed by atoms with E-state index in [1.807, 2.05) is 18.2 Å². The van der Waals surface area contributed by atoms with Gasteiger partial charge in [0.25, 0.3) is 0 Å². The lowest BCUT2D eigenvalue weighted by atomic mass is 9.74. The van der Waals surface area contributed by atoms with E-state index in [9.17, 15) is 18.0 Å². The summed E-state index contributed by atoms with van der Waals surface area (Å²) in [5, 5.41) is 3.46. The van der Waals surface area contributed by atoms with E-state index in [2.05, 4.69) is 5.32 Å². The largest absolute Gasteiger partial charge is 0.416 e. The number of carbonyl (C=O) groups excluding carboxylic acids is 1.